The molecule has 2 aromatic rings. The van der Waals surface area contributed by atoms with Crippen LogP contribution in [0.5, 0.6) is 5.75 Å². The van der Waals surface area contributed by atoms with Crippen LogP contribution in [-0.2, 0) is 6.42 Å². The maximum atomic E-state index is 12.1. The monoisotopic (exact) mass is 432 g/mol. The summed E-state index contributed by atoms with van der Waals surface area (Å²) in [6.45, 7) is 2.91. The van der Waals surface area contributed by atoms with Crippen molar-refractivity contribution in [2.75, 3.05) is 19.0 Å². The number of hydrogen-bond donors (Lipinski definition) is 1. The summed E-state index contributed by atoms with van der Waals surface area (Å²) >= 11 is 18.1. The second kappa shape index (κ2) is 11.4. The van der Waals surface area contributed by atoms with E-state index in [0.717, 1.165) is 37.1 Å². The fraction of sp³-hybridized carbons (Fsp3) is 0.474. The molecule has 0 atom stereocenters. The van der Waals surface area contributed by atoms with Crippen LogP contribution in [0.2, 0.25) is 10.0 Å². The number of hydrogen-bond acceptors (Lipinski definition) is 4. The lowest BCUT2D eigenvalue weighted by Crippen LogP contribution is -2.24. The van der Waals surface area contributed by atoms with E-state index < -0.39 is 0 Å². The van der Waals surface area contributed by atoms with Gasteiger partial charge in [0, 0.05) is 30.5 Å². The summed E-state index contributed by atoms with van der Waals surface area (Å²) in [5, 5.41) is 7.27. The number of amides is 1. The molecule has 1 N–H and O–H groups in total. The van der Waals surface area contributed by atoms with Crippen molar-refractivity contribution < 1.29 is 14.1 Å². The second-order valence-electron chi connectivity index (χ2n) is 6.16. The van der Waals surface area contributed by atoms with Gasteiger partial charge in [0.05, 0.1) is 22.3 Å². The van der Waals surface area contributed by atoms with Crippen molar-refractivity contribution in [3.8, 4) is 5.75 Å². The molecule has 1 amide bonds. The van der Waals surface area contributed by atoms with E-state index in [2.05, 4.69) is 10.5 Å². The van der Waals surface area contributed by atoms with Crippen molar-refractivity contribution in [1.29, 1.82) is 0 Å². The van der Waals surface area contributed by atoms with Gasteiger partial charge in [-0.25, -0.2) is 0 Å². The molecule has 2 rings (SSSR count). The summed E-state index contributed by atoms with van der Waals surface area (Å²) in [6, 6.07) is 5.07. The number of halogens is 3. The lowest BCUT2D eigenvalue weighted by Gasteiger charge is -2.12. The first-order valence-corrected chi connectivity index (χ1v) is 10.2. The van der Waals surface area contributed by atoms with Crippen LogP contribution in [0, 0.1) is 6.92 Å². The van der Waals surface area contributed by atoms with Crippen molar-refractivity contribution >= 4 is 40.7 Å². The Morgan fingerprint density at radius 2 is 1.89 bits per heavy atom. The van der Waals surface area contributed by atoms with Crippen molar-refractivity contribution in [1.82, 2.24) is 10.5 Å². The van der Waals surface area contributed by atoms with E-state index in [1.54, 1.807) is 12.1 Å². The number of rotatable bonds is 11. The van der Waals surface area contributed by atoms with E-state index in [0.29, 0.717) is 46.8 Å². The molecule has 0 fully saturated rings. The minimum atomic E-state index is -0.238. The summed E-state index contributed by atoms with van der Waals surface area (Å²) in [7, 11) is 0. The first-order chi connectivity index (χ1) is 13.0. The molecule has 0 unspecified atom stereocenters. The van der Waals surface area contributed by atoms with Gasteiger partial charge in [0.25, 0.3) is 5.91 Å². The average molecular weight is 434 g/mol. The fourth-order valence-electron chi connectivity index (χ4n) is 2.49. The molecule has 0 aliphatic carbocycles. The minimum absolute atomic E-state index is 0.238. The van der Waals surface area contributed by atoms with E-state index in [4.69, 9.17) is 44.1 Å². The smallest absolute Gasteiger partial charge is 0.251 e. The highest BCUT2D eigenvalue weighted by molar-refractivity contribution is 6.37. The predicted octanol–water partition coefficient (Wildman–Crippen LogP) is 5.44. The summed E-state index contributed by atoms with van der Waals surface area (Å²) in [6.07, 6.45) is 4.39. The van der Waals surface area contributed by atoms with E-state index in [1.807, 2.05) is 13.0 Å². The zero-order valence-corrected chi connectivity index (χ0v) is 17.5. The van der Waals surface area contributed by atoms with Gasteiger partial charge in [-0.05, 0) is 44.7 Å². The van der Waals surface area contributed by atoms with E-state index in [-0.39, 0.29) is 5.91 Å². The molecule has 0 saturated heterocycles. The Labute approximate surface area is 174 Å². The van der Waals surface area contributed by atoms with Crippen LogP contribution >= 0.6 is 34.8 Å². The molecule has 5 nitrogen and oxygen atoms in total. The highest BCUT2D eigenvalue weighted by Crippen LogP contribution is 2.34. The number of nitrogens with zero attached hydrogens (tertiary/aromatic N) is 1. The Bertz CT molecular complexity index is 727. The number of benzene rings is 1. The third-order valence-electron chi connectivity index (χ3n) is 3.85. The molecule has 0 spiro atoms. The van der Waals surface area contributed by atoms with Crippen LogP contribution in [0.25, 0.3) is 0 Å². The Balaban J connectivity index is 1.76. The number of alkyl halides is 1. The van der Waals surface area contributed by atoms with E-state index in [9.17, 15) is 4.79 Å². The molecule has 1 heterocycles. The predicted molar refractivity (Wildman–Crippen MR) is 108 cm³/mol. The Morgan fingerprint density at radius 1 is 1.15 bits per heavy atom. The Hall–Kier alpha value is -1.43. The summed E-state index contributed by atoms with van der Waals surface area (Å²) in [5.74, 6) is 1.56. The van der Waals surface area contributed by atoms with Crippen LogP contribution in [0.15, 0.2) is 22.7 Å². The van der Waals surface area contributed by atoms with Crippen LogP contribution in [0.3, 0.4) is 0 Å². The van der Waals surface area contributed by atoms with Crippen molar-refractivity contribution in [2.45, 2.75) is 39.0 Å². The molecule has 27 heavy (non-hydrogen) atoms. The van der Waals surface area contributed by atoms with Gasteiger partial charge in [0.15, 0.2) is 5.75 Å². The highest BCUT2D eigenvalue weighted by atomic mass is 35.5. The van der Waals surface area contributed by atoms with Crippen LogP contribution in [-0.4, -0.2) is 30.1 Å². The van der Waals surface area contributed by atoms with E-state index >= 15 is 0 Å². The molecule has 0 saturated carbocycles. The summed E-state index contributed by atoms with van der Waals surface area (Å²) in [5.41, 5.74) is 1.29. The van der Waals surface area contributed by atoms with Gasteiger partial charge < -0.3 is 14.6 Å². The molecular weight excluding hydrogens is 411 g/mol. The van der Waals surface area contributed by atoms with Gasteiger partial charge in [-0.15, -0.1) is 11.6 Å². The normalized spacial score (nSPS) is 10.8. The van der Waals surface area contributed by atoms with Gasteiger partial charge in [0.2, 0.25) is 0 Å². The average Bonchev–Trinajstić information content (AvgIpc) is 3.05. The van der Waals surface area contributed by atoms with Crippen molar-refractivity contribution in [3.05, 3.63) is 45.3 Å². The number of nitrogens with one attached hydrogen (secondary N) is 1. The molecular formula is C19H23Cl3N2O3. The molecule has 8 heteroatoms. The molecule has 0 radical (unpaired) electrons. The molecule has 0 bridgehead atoms. The topological polar surface area (TPSA) is 64.4 Å². The zero-order valence-electron chi connectivity index (χ0n) is 15.2. The van der Waals surface area contributed by atoms with Gasteiger partial charge >= 0.3 is 0 Å². The quantitative estimate of drug-likeness (QED) is 0.378. The third-order valence-corrected chi connectivity index (χ3v) is 4.68. The number of carbonyl (C=O) groups excluding carboxylic acids is 1. The molecule has 1 aromatic heterocycles. The number of unbranched alkanes of at least 4 members (excludes halogenated alkanes) is 2. The first kappa shape index (κ1) is 21.9. The minimum Gasteiger partial charge on any atom is -0.490 e. The molecule has 1 aromatic carbocycles. The van der Waals surface area contributed by atoms with Gasteiger partial charge in [0.1, 0.15) is 5.76 Å². The van der Waals surface area contributed by atoms with E-state index in [1.165, 1.54) is 0 Å². The largest absolute Gasteiger partial charge is 0.490 e. The van der Waals surface area contributed by atoms with Gasteiger partial charge in [-0.3, -0.25) is 4.79 Å². The SMILES string of the molecule is Cc1cc(CCCCCOc2c(Cl)cc(C(=O)NCCCCl)cc2Cl)on1. The maximum Gasteiger partial charge on any atom is 0.251 e. The van der Waals surface area contributed by atoms with Crippen molar-refractivity contribution in [3.63, 3.8) is 0 Å². The number of carbonyl (C=O) groups is 1. The highest BCUT2D eigenvalue weighted by Gasteiger charge is 2.14. The lowest BCUT2D eigenvalue weighted by atomic mass is 10.1. The standard InChI is InChI=1S/C19H23Cl3N2O3/c1-13-10-15(27-24-13)6-3-2-4-9-26-18-16(21)11-14(12-17(18)22)19(25)23-8-5-7-20/h10-12H,2-9H2,1H3,(H,23,25). The second-order valence-corrected chi connectivity index (χ2v) is 7.35. The zero-order chi connectivity index (χ0) is 19.6. The maximum absolute atomic E-state index is 12.1. The van der Waals surface area contributed by atoms with Gasteiger partial charge in [-0.1, -0.05) is 28.4 Å². The summed E-state index contributed by atoms with van der Waals surface area (Å²) < 4.78 is 10.9. The Kier molecular flexibility index (Phi) is 9.25. The number of aryl methyl sites for hydroxylation is 2. The molecule has 0 aliphatic rings. The van der Waals surface area contributed by atoms with Gasteiger partial charge in [-0.2, -0.15) is 0 Å². The number of aromatic nitrogens is 1. The van der Waals surface area contributed by atoms with Crippen LogP contribution in [0.4, 0.5) is 0 Å². The fourth-order valence-corrected chi connectivity index (χ4v) is 3.22. The Morgan fingerprint density at radius 3 is 2.52 bits per heavy atom. The van der Waals surface area contributed by atoms with Crippen LogP contribution in [0.1, 0.15) is 47.5 Å². The number of ether oxygens (including phenoxy) is 1. The molecule has 148 valence electrons. The van der Waals surface area contributed by atoms with Crippen molar-refractivity contribution in [2.24, 2.45) is 0 Å². The third kappa shape index (κ3) is 7.24. The summed E-state index contributed by atoms with van der Waals surface area (Å²) in [4.78, 5) is 12.1. The van der Waals surface area contributed by atoms with Crippen LogP contribution < -0.4 is 10.1 Å². The first-order valence-electron chi connectivity index (χ1n) is 8.89. The lowest BCUT2D eigenvalue weighted by molar-refractivity contribution is 0.0953. The molecule has 0 aliphatic heterocycles.